The lowest BCUT2D eigenvalue weighted by Gasteiger charge is -2.22. The van der Waals surface area contributed by atoms with E-state index in [0.29, 0.717) is 5.92 Å². The van der Waals surface area contributed by atoms with Crippen molar-refractivity contribution in [2.45, 2.75) is 45.3 Å². The van der Waals surface area contributed by atoms with Crippen LogP contribution < -0.4 is 5.32 Å². The predicted octanol–water partition coefficient (Wildman–Crippen LogP) is 3.31. The van der Waals surface area contributed by atoms with Gasteiger partial charge in [0.15, 0.2) is 0 Å². The van der Waals surface area contributed by atoms with Gasteiger partial charge in [0, 0.05) is 4.47 Å². The molecule has 1 fully saturated rings. The van der Waals surface area contributed by atoms with E-state index in [4.69, 9.17) is 4.74 Å². The Morgan fingerprint density at radius 3 is 2.60 bits per heavy atom. The fourth-order valence-corrected chi connectivity index (χ4v) is 2.74. The van der Waals surface area contributed by atoms with E-state index in [9.17, 15) is 4.79 Å². The van der Waals surface area contributed by atoms with Gasteiger partial charge < -0.3 is 10.1 Å². The van der Waals surface area contributed by atoms with Crippen molar-refractivity contribution in [1.82, 2.24) is 5.32 Å². The average Bonchev–Trinajstić information content (AvgIpc) is 2.79. The first-order valence-corrected chi connectivity index (χ1v) is 7.83. The third-order valence-corrected chi connectivity index (χ3v) is 3.88. The molecule has 2 rings (SSSR count). The molecule has 1 aromatic carbocycles. The molecule has 0 bridgehead atoms. The van der Waals surface area contributed by atoms with Crippen LogP contribution >= 0.6 is 15.9 Å². The molecule has 1 aliphatic heterocycles. The molecular formula is C16H22BrNO2. The molecule has 0 spiro atoms. The van der Waals surface area contributed by atoms with Crippen molar-refractivity contribution in [1.29, 1.82) is 0 Å². The molecule has 0 aliphatic carbocycles. The Hall–Kier alpha value is -0.870. The van der Waals surface area contributed by atoms with Gasteiger partial charge in [-0.1, -0.05) is 28.1 Å². The maximum atomic E-state index is 12.0. The van der Waals surface area contributed by atoms with Gasteiger partial charge in [0.1, 0.15) is 11.6 Å². The molecule has 20 heavy (non-hydrogen) atoms. The van der Waals surface area contributed by atoms with Crippen LogP contribution in [-0.2, 0) is 16.0 Å². The number of hydrogen-bond acceptors (Lipinski definition) is 3. The average molecular weight is 340 g/mol. The Morgan fingerprint density at radius 1 is 1.35 bits per heavy atom. The standard InChI is InChI=1S/C16H22BrNO2/c1-16(2,3)20-15(19)14-9-12(10-18-14)8-11-4-6-13(17)7-5-11/h4-7,12,14,18H,8-10H2,1-3H3/t12-,14-/m1/s1. The molecule has 0 amide bonds. The topological polar surface area (TPSA) is 38.3 Å². The molecule has 2 atom stereocenters. The van der Waals surface area contributed by atoms with E-state index >= 15 is 0 Å². The zero-order chi connectivity index (χ0) is 14.8. The number of esters is 1. The Bertz CT molecular complexity index is 464. The minimum Gasteiger partial charge on any atom is -0.459 e. The lowest BCUT2D eigenvalue weighted by atomic mass is 9.97. The molecular weight excluding hydrogens is 318 g/mol. The Kier molecular flexibility index (Phi) is 4.86. The number of carbonyl (C=O) groups is 1. The summed E-state index contributed by atoms with van der Waals surface area (Å²) < 4.78 is 6.52. The highest BCUT2D eigenvalue weighted by molar-refractivity contribution is 9.10. The summed E-state index contributed by atoms with van der Waals surface area (Å²) in [7, 11) is 0. The van der Waals surface area contributed by atoms with Gasteiger partial charge in [-0.15, -0.1) is 0 Å². The lowest BCUT2D eigenvalue weighted by molar-refractivity contribution is -0.157. The fraction of sp³-hybridized carbons (Fsp3) is 0.562. The second kappa shape index (κ2) is 6.27. The monoisotopic (exact) mass is 339 g/mol. The first-order valence-electron chi connectivity index (χ1n) is 7.04. The Labute approximate surface area is 129 Å². The molecule has 1 heterocycles. The van der Waals surface area contributed by atoms with Gasteiger partial charge in [-0.3, -0.25) is 4.79 Å². The van der Waals surface area contributed by atoms with E-state index in [2.05, 4.69) is 45.5 Å². The predicted molar refractivity (Wildman–Crippen MR) is 83.6 cm³/mol. The first-order chi connectivity index (χ1) is 9.33. The van der Waals surface area contributed by atoms with Crippen molar-refractivity contribution in [2.75, 3.05) is 6.54 Å². The summed E-state index contributed by atoms with van der Waals surface area (Å²) in [5, 5.41) is 3.28. The van der Waals surface area contributed by atoms with Crippen LogP contribution in [0.25, 0.3) is 0 Å². The van der Waals surface area contributed by atoms with E-state index in [1.807, 2.05) is 20.8 Å². The lowest BCUT2D eigenvalue weighted by Crippen LogP contribution is -2.37. The number of nitrogens with one attached hydrogen (secondary N) is 1. The van der Waals surface area contributed by atoms with Gasteiger partial charge in [-0.2, -0.15) is 0 Å². The molecule has 1 N–H and O–H groups in total. The van der Waals surface area contributed by atoms with E-state index in [0.717, 1.165) is 23.9 Å². The number of halogens is 1. The zero-order valence-electron chi connectivity index (χ0n) is 12.3. The van der Waals surface area contributed by atoms with E-state index in [1.165, 1.54) is 5.56 Å². The molecule has 4 heteroatoms. The van der Waals surface area contributed by atoms with E-state index < -0.39 is 5.60 Å². The minimum absolute atomic E-state index is 0.129. The molecule has 1 aliphatic rings. The van der Waals surface area contributed by atoms with Crippen LogP contribution in [0.4, 0.5) is 0 Å². The highest BCUT2D eigenvalue weighted by Crippen LogP contribution is 2.22. The van der Waals surface area contributed by atoms with Crippen molar-refractivity contribution in [3.63, 3.8) is 0 Å². The summed E-state index contributed by atoms with van der Waals surface area (Å²) in [5.41, 5.74) is 0.896. The smallest absolute Gasteiger partial charge is 0.323 e. The van der Waals surface area contributed by atoms with Gasteiger partial charge in [0.2, 0.25) is 0 Å². The van der Waals surface area contributed by atoms with Gasteiger partial charge in [0.25, 0.3) is 0 Å². The van der Waals surface area contributed by atoms with E-state index in [-0.39, 0.29) is 12.0 Å². The summed E-state index contributed by atoms with van der Waals surface area (Å²) in [4.78, 5) is 12.0. The first kappa shape index (κ1) is 15.5. The van der Waals surface area contributed by atoms with Gasteiger partial charge in [-0.05, 0) is 63.8 Å². The quantitative estimate of drug-likeness (QED) is 0.858. The number of hydrogen-bond donors (Lipinski definition) is 1. The molecule has 0 radical (unpaired) electrons. The maximum absolute atomic E-state index is 12.0. The van der Waals surface area contributed by atoms with Crippen molar-refractivity contribution in [3.8, 4) is 0 Å². The van der Waals surface area contributed by atoms with Crippen molar-refractivity contribution >= 4 is 21.9 Å². The van der Waals surface area contributed by atoms with E-state index in [1.54, 1.807) is 0 Å². The Morgan fingerprint density at radius 2 is 2.00 bits per heavy atom. The van der Waals surface area contributed by atoms with Crippen LogP contribution in [0.3, 0.4) is 0 Å². The van der Waals surface area contributed by atoms with Crippen LogP contribution in [-0.4, -0.2) is 24.2 Å². The molecule has 0 aromatic heterocycles. The largest absolute Gasteiger partial charge is 0.459 e. The third kappa shape index (κ3) is 4.60. The van der Waals surface area contributed by atoms with Gasteiger partial charge in [-0.25, -0.2) is 0 Å². The maximum Gasteiger partial charge on any atom is 0.323 e. The van der Waals surface area contributed by atoms with Crippen LogP contribution in [0.2, 0.25) is 0 Å². The zero-order valence-corrected chi connectivity index (χ0v) is 13.9. The fourth-order valence-electron chi connectivity index (χ4n) is 2.47. The van der Waals surface area contributed by atoms with Crippen LogP contribution in [0.15, 0.2) is 28.7 Å². The summed E-state index contributed by atoms with van der Waals surface area (Å²) in [6, 6.07) is 8.22. The van der Waals surface area contributed by atoms with Gasteiger partial charge >= 0.3 is 5.97 Å². The highest BCUT2D eigenvalue weighted by Gasteiger charge is 2.32. The normalized spacial score (nSPS) is 22.8. The number of rotatable bonds is 3. The minimum atomic E-state index is -0.414. The summed E-state index contributed by atoms with van der Waals surface area (Å²) in [5.74, 6) is 0.365. The van der Waals surface area contributed by atoms with Crippen LogP contribution in [0.1, 0.15) is 32.8 Å². The number of benzene rings is 1. The third-order valence-electron chi connectivity index (χ3n) is 3.35. The highest BCUT2D eigenvalue weighted by atomic mass is 79.9. The van der Waals surface area contributed by atoms with Crippen molar-refractivity contribution < 1.29 is 9.53 Å². The SMILES string of the molecule is CC(C)(C)OC(=O)[C@H]1C[C@@H](Cc2ccc(Br)cc2)CN1. The van der Waals surface area contributed by atoms with Gasteiger partial charge in [0.05, 0.1) is 0 Å². The second-order valence-electron chi connectivity index (χ2n) is 6.43. The number of ether oxygens (including phenoxy) is 1. The molecule has 110 valence electrons. The summed E-state index contributed by atoms with van der Waals surface area (Å²) >= 11 is 3.44. The summed E-state index contributed by atoms with van der Waals surface area (Å²) in [6.45, 7) is 6.58. The number of carbonyl (C=O) groups excluding carboxylic acids is 1. The molecule has 0 saturated carbocycles. The summed E-state index contributed by atoms with van der Waals surface area (Å²) in [6.07, 6.45) is 1.85. The molecule has 1 aromatic rings. The van der Waals surface area contributed by atoms with Crippen LogP contribution in [0.5, 0.6) is 0 Å². The second-order valence-corrected chi connectivity index (χ2v) is 7.34. The molecule has 3 nitrogen and oxygen atoms in total. The van der Waals surface area contributed by atoms with Crippen molar-refractivity contribution in [3.05, 3.63) is 34.3 Å². The van der Waals surface area contributed by atoms with Crippen molar-refractivity contribution in [2.24, 2.45) is 5.92 Å². The van der Waals surface area contributed by atoms with Crippen LogP contribution in [0, 0.1) is 5.92 Å². The molecule has 0 unspecified atom stereocenters. The Balaban J connectivity index is 1.86. The molecule has 1 saturated heterocycles.